The van der Waals surface area contributed by atoms with Crippen molar-refractivity contribution in [3.8, 4) is 0 Å². The third kappa shape index (κ3) is 12.0. The summed E-state index contributed by atoms with van der Waals surface area (Å²) in [7, 11) is -3.30. The minimum atomic E-state index is -5.00. The Labute approximate surface area is 319 Å². The summed E-state index contributed by atoms with van der Waals surface area (Å²) in [6.45, 7) is 0. The second kappa shape index (κ2) is 19.5. The largest absolute Gasteiger partial charge is 0.488 e. The van der Waals surface area contributed by atoms with E-state index in [1.807, 2.05) is 0 Å². The van der Waals surface area contributed by atoms with Crippen LogP contribution < -0.4 is 37.3 Å². The molecule has 0 aliphatic heterocycles. The van der Waals surface area contributed by atoms with E-state index in [0.717, 1.165) is 0 Å². The van der Waals surface area contributed by atoms with Crippen LogP contribution in [0.1, 0.15) is 11.1 Å². The maximum Gasteiger partial charge on any atom is 0.488 e. The van der Waals surface area contributed by atoms with Crippen molar-refractivity contribution in [3.63, 3.8) is 0 Å². The van der Waals surface area contributed by atoms with E-state index >= 15 is 0 Å². The first-order chi connectivity index (χ1) is 26.4. The number of alkyl halides is 6. The Morgan fingerprint density at radius 1 is 0.327 bits per heavy atom. The van der Waals surface area contributed by atoms with Crippen molar-refractivity contribution in [3.05, 3.63) is 211 Å². The van der Waals surface area contributed by atoms with E-state index in [4.69, 9.17) is 10.0 Å². The van der Waals surface area contributed by atoms with Gasteiger partial charge in [0.15, 0.2) is 0 Å². The Bertz CT molecular complexity index is 1820. The molecule has 0 amide bonds. The normalized spacial score (nSPS) is 11.2. The van der Waals surface area contributed by atoms with Gasteiger partial charge in [-0.2, -0.15) is 26.3 Å². The molecule has 0 saturated carbocycles. The van der Waals surface area contributed by atoms with Crippen LogP contribution in [0.2, 0.25) is 0 Å². The predicted octanol–water partition coefficient (Wildman–Crippen LogP) is 8.29. The molecule has 2 nitrogen and oxygen atoms in total. The average Bonchev–Trinajstić information content (AvgIpc) is 3.20. The van der Waals surface area contributed by atoms with Crippen LogP contribution in [-0.2, 0) is 12.4 Å². The lowest BCUT2D eigenvalue weighted by molar-refractivity contribution is -0.142. The maximum atomic E-state index is 12.3. The summed E-state index contributed by atoms with van der Waals surface area (Å²) in [6.07, 6.45) is -9.99. The number of hydrogen-bond donors (Lipinski definition) is 2. The second-order valence-corrected chi connectivity index (χ2v) is 16.3. The standard InChI is InChI=1S/2C18H15P.C8H5BF6O2/c2*1-4-10-16(11-5-1)19(17-12-6-2-7-13-17)18-14-8-3-9-15-18;10-7(11,12)4-1-5(8(13,14)15)3-6(2-4)9(16)17/h2*1-15H;1-3,16-17H. The molecule has 0 radical (unpaired) electrons. The van der Waals surface area contributed by atoms with Crippen LogP contribution in [0.25, 0.3) is 0 Å². The molecule has 0 bridgehead atoms. The highest BCUT2D eigenvalue weighted by atomic mass is 31.1. The molecule has 0 aromatic heterocycles. The Morgan fingerprint density at radius 3 is 0.691 bits per heavy atom. The highest BCUT2D eigenvalue weighted by Gasteiger charge is 2.37. The van der Waals surface area contributed by atoms with E-state index in [1.54, 1.807) is 0 Å². The van der Waals surface area contributed by atoms with Crippen molar-refractivity contribution in [2.45, 2.75) is 12.4 Å². The van der Waals surface area contributed by atoms with Crippen molar-refractivity contribution < 1.29 is 36.4 Å². The third-order valence-electron chi connectivity index (χ3n) is 7.99. The van der Waals surface area contributed by atoms with Crippen molar-refractivity contribution in [2.75, 3.05) is 0 Å². The SMILES string of the molecule is OB(O)c1cc(C(F)(F)F)cc(C(F)(F)F)c1.c1ccc(P(c2ccccc2)c2ccccc2)cc1.c1ccc(P(c2ccccc2)c2ccccc2)cc1. The molecule has 0 fully saturated rings. The van der Waals surface area contributed by atoms with Gasteiger partial charge < -0.3 is 10.0 Å². The summed E-state index contributed by atoms with van der Waals surface area (Å²) in [4.78, 5) is 0. The molecular formula is C44H35BF6O2P2. The first-order valence-electron chi connectivity index (χ1n) is 17.0. The van der Waals surface area contributed by atoms with Gasteiger partial charge in [-0.15, -0.1) is 0 Å². The van der Waals surface area contributed by atoms with E-state index in [1.165, 1.54) is 31.8 Å². The smallest absolute Gasteiger partial charge is 0.423 e. The lowest BCUT2D eigenvalue weighted by Gasteiger charge is -2.18. The van der Waals surface area contributed by atoms with Crippen LogP contribution in [0.15, 0.2) is 200 Å². The van der Waals surface area contributed by atoms with Crippen LogP contribution >= 0.6 is 15.8 Å². The van der Waals surface area contributed by atoms with Gasteiger partial charge in [-0.05, 0) is 59.2 Å². The fourth-order valence-electron chi connectivity index (χ4n) is 5.48. The van der Waals surface area contributed by atoms with Crippen molar-refractivity contribution in [2.24, 2.45) is 0 Å². The Kier molecular flexibility index (Phi) is 14.6. The first-order valence-corrected chi connectivity index (χ1v) is 19.7. The zero-order chi connectivity index (χ0) is 39.3. The van der Waals surface area contributed by atoms with Gasteiger partial charge in [0.1, 0.15) is 0 Å². The number of hydrogen-bond acceptors (Lipinski definition) is 2. The zero-order valence-electron chi connectivity index (χ0n) is 29.2. The van der Waals surface area contributed by atoms with Crippen molar-refractivity contribution in [1.29, 1.82) is 0 Å². The summed E-state index contributed by atoms with van der Waals surface area (Å²) >= 11 is 0. The predicted molar refractivity (Wildman–Crippen MR) is 217 cm³/mol. The molecule has 7 aromatic carbocycles. The van der Waals surface area contributed by atoms with Gasteiger partial charge in [0.25, 0.3) is 0 Å². The van der Waals surface area contributed by atoms with E-state index in [2.05, 4.69) is 182 Å². The molecule has 0 heterocycles. The van der Waals surface area contributed by atoms with Crippen LogP contribution in [0.3, 0.4) is 0 Å². The second-order valence-electron chi connectivity index (χ2n) is 11.9. The summed E-state index contributed by atoms with van der Waals surface area (Å²) < 4.78 is 73.6. The zero-order valence-corrected chi connectivity index (χ0v) is 31.0. The lowest BCUT2D eigenvalue weighted by Crippen LogP contribution is -2.32. The summed E-state index contributed by atoms with van der Waals surface area (Å²) in [5, 5.41) is 25.6. The van der Waals surface area contributed by atoms with Gasteiger partial charge in [0.05, 0.1) is 11.1 Å². The quantitative estimate of drug-likeness (QED) is 0.0972. The molecule has 7 aromatic rings. The topological polar surface area (TPSA) is 40.5 Å². The molecule has 2 N–H and O–H groups in total. The fraction of sp³-hybridized carbons (Fsp3) is 0.0455. The van der Waals surface area contributed by atoms with Crippen molar-refractivity contribution >= 4 is 60.3 Å². The maximum absolute atomic E-state index is 12.3. The van der Waals surface area contributed by atoms with Gasteiger partial charge in [-0.3, -0.25) is 0 Å². The molecule has 55 heavy (non-hydrogen) atoms. The van der Waals surface area contributed by atoms with Crippen LogP contribution in [0, 0.1) is 0 Å². The van der Waals surface area contributed by atoms with E-state index in [9.17, 15) is 26.3 Å². The molecular weight excluding hydrogens is 747 g/mol. The molecule has 0 atom stereocenters. The summed E-state index contributed by atoms with van der Waals surface area (Å²) in [5.41, 5.74) is -4.04. The molecule has 0 saturated heterocycles. The number of rotatable bonds is 7. The molecule has 0 unspecified atom stereocenters. The van der Waals surface area contributed by atoms with Gasteiger partial charge in [0, 0.05) is 0 Å². The Balaban J connectivity index is 0.000000159. The summed E-state index contributed by atoms with van der Waals surface area (Å²) in [6, 6.07) is 65.1. The molecule has 7 rings (SSSR count). The van der Waals surface area contributed by atoms with Crippen LogP contribution in [0.5, 0.6) is 0 Å². The molecule has 278 valence electrons. The number of benzene rings is 7. The minimum absolute atomic E-state index is 0.0914. The monoisotopic (exact) mass is 782 g/mol. The molecule has 11 heteroatoms. The Morgan fingerprint density at radius 2 is 0.527 bits per heavy atom. The van der Waals surface area contributed by atoms with Crippen molar-refractivity contribution in [1.82, 2.24) is 0 Å². The van der Waals surface area contributed by atoms with Gasteiger partial charge in [-0.25, -0.2) is 0 Å². The van der Waals surface area contributed by atoms with E-state index in [0.29, 0.717) is 0 Å². The third-order valence-corrected chi connectivity index (χ3v) is 12.9. The molecule has 0 aliphatic carbocycles. The van der Waals surface area contributed by atoms with Gasteiger partial charge >= 0.3 is 19.5 Å². The van der Waals surface area contributed by atoms with Crippen LogP contribution in [-0.4, -0.2) is 17.2 Å². The van der Waals surface area contributed by atoms with Gasteiger partial charge in [-0.1, -0.05) is 194 Å². The Hall–Kier alpha value is -5.04. The summed E-state index contributed by atoms with van der Waals surface area (Å²) in [5.74, 6) is 0. The van der Waals surface area contributed by atoms with E-state index < -0.39 is 51.9 Å². The molecule has 0 spiro atoms. The highest BCUT2D eigenvalue weighted by Crippen LogP contribution is 2.35. The number of halogens is 6. The minimum Gasteiger partial charge on any atom is -0.423 e. The highest BCUT2D eigenvalue weighted by molar-refractivity contribution is 7.80. The van der Waals surface area contributed by atoms with E-state index in [-0.39, 0.29) is 18.2 Å². The first kappa shape index (κ1) is 41.1. The fourth-order valence-corrected chi connectivity index (χ4v) is 10.1. The van der Waals surface area contributed by atoms with Crippen LogP contribution in [0.4, 0.5) is 26.3 Å². The lowest BCUT2D eigenvalue weighted by atomic mass is 9.78. The molecule has 0 aliphatic rings. The average molecular weight is 783 g/mol. The van der Waals surface area contributed by atoms with Gasteiger partial charge in [0.2, 0.25) is 0 Å².